The van der Waals surface area contributed by atoms with Gasteiger partial charge in [0, 0.05) is 0 Å². The zero-order chi connectivity index (χ0) is 10.4. The van der Waals surface area contributed by atoms with Crippen molar-refractivity contribution < 1.29 is 15.0 Å². The van der Waals surface area contributed by atoms with Gasteiger partial charge in [-0.1, -0.05) is 19.3 Å². The topological polar surface area (TPSA) is 69.6 Å². The summed E-state index contributed by atoms with van der Waals surface area (Å²) < 4.78 is 0. The minimum Gasteiger partial charge on any atom is -0.480 e. The molecule has 0 bridgehead atoms. The van der Waals surface area contributed by atoms with E-state index in [0.29, 0.717) is 5.92 Å². The van der Waals surface area contributed by atoms with Crippen LogP contribution in [-0.2, 0) is 4.79 Å². The number of carboxylic acid groups (broad SMARTS) is 1. The average molecular weight is 201 g/mol. The third kappa shape index (κ3) is 3.64. The lowest BCUT2D eigenvalue weighted by Crippen LogP contribution is -2.42. The standard InChI is InChI=1S/C10H19NO3/c12-7-9(10(13)14)11-6-8-4-2-1-3-5-8/h8-9,11-12H,1-7H2,(H,13,14)/t9-/m1/s1. The van der Waals surface area contributed by atoms with Gasteiger partial charge in [-0.3, -0.25) is 4.79 Å². The Kier molecular flexibility index (Phi) is 4.90. The van der Waals surface area contributed by atoms with E-state index < -0.39 is 12.0 Å². The third-order valence-electron chi connectivity index (χ3n) is 2.86. The molecule has 1 aliphatic carbocycles. The lowest BCUT2D eigenvalue weighted by molar-refractivity contribution is -0.140. The Morgan fingerprint density at radius 3 is 2.50 bits per heavy atom. The molecule has 1 aliphatic rings. The predicted molar refractivity (Wildman–Crippen MR) is 53.1 cm³/mol. The van der Waals surface area contributed by atoms with E-state index in [4.69, 9.17) is 10.2 Å². The first-order valence-electron chi connectivity index (χ1n) is 5.31. The summed E-state index contributed by atoms with van der Waals surface area (Å²) >= 11 is 0. The number of aliphatic carboxylic acids is 1. The van der Waals surface area contributed by atoms with Crippen molar-refractivity contribution in [3.05, 3.63) is 0 Å². The Morgan fingerprint density at radius 1 is 1.36 bits per heavy atom. The first-order valence-corrected chi connectivity index (χ1v) is 5.31. The highest BCUT2D eigenvalue weighted by Gasteiger charge is 2.18. The Bertz CT molecular complexity index is 178. The lowest BCUT2D eigenvalue weighted by Gasteiger charge is -2.23. The SMILES string of the molecule is O=C(O)[C@@H](CO)NCC1CCCCC1. The second-order valence-corrected chi connectivity index (χ2v) is 3.99. The number of carboxylic acids is 1. The minimum atomic E-state index is -0.969. The maximum Gasteiger partial charge on any atom is 0.323 e. The van der Waals surface area contributed by atoms with Crippen molar-refractivity contribution >= 4 is 5.97 Å². The molecule has 1 atom stereocenters. The summed E-state index contributed by atoms with van der Waals surface area (Å²) in [6, 6.07) is -0.795. The van der Waals surface area contributed by atoms with E-state index in [-0.39, 0.29) is 6.61 Å². The molecule has 0 aromatic carbocycles. The molecule has 0 aromatic heterocycles. The maximum atomic E-state index is 10.6. The second-order valence-electron chi connectivity index (χ2n) is 3.99. The van der Waals surface area contributed by atoms with Crippen LogP contribution in [0.1, 0.15) is 32.1 Å². The number of carbonyl (C=O) groups is 1. The number of hydrogen-bond acceptors (Lipinski definition) is 3. The normalized spacial score (nSPS) is 20.6. The van der Waals surface area contributed by atoms with Crippen molar-refractivity contribution in [2.45, 2.75) is 38.1 Å². The van der Waals surface area contributed by atoms with Crippen molar-refractivity contribution in [2.24, 2.45) is 5.92 Å². The van der Waals surface area contributed by atoms with Crippen LogP contribution in [0.5, 0.6) is 0 Å². The van der Waals surface area contributed by atoms with Crippen molar-refractivity contribution in [3.63, 3.8) is 0 Å². The third-order valence-corrected chi connectivity index (χ3v) is 2.86. The average Bonchev–Trinajstić information content (AvgIpc) is 2.20. The number of nitrogens with one attached hydrogen (secondary N) is 1. The van der Waals surface area contributed by atoms with Crippen molar-refractivity contribution in [2.75, 3.05) is 13.2 Å². The maximum absolute atomic E-state index is 10.6. The zero-order valence-corrected chi connectivity index (χ0v) is 8.41. The Morgan fingerprint density at radius 2 is 2.00 bits per heavy atom. The highest BCUT2D eigenvalue weighted by Crippen LogP contribution is 2.22. The van der Waals surface area contributed by atoms with Crippen LogP contribution in [0.2, 0.25) is 0 Å². The lowest BCUT2D eigenvalue weighted by atomic mass is 9.89. The van der Waals surface area contributed by atoms with Gasteiger partial charge in [-0.15, -0.1) is 0 Å². The van der Waals surface area contributed by atoms with Crippen LogP contribution in [0.25, 0.3) is 0 Å². The highest BCUT2D eigenvalue weighted by atomic mass is 16.4. The number of aliphatic hydroxyl groups excluding tert-OH is 1. The summed E-state index contributed by atoms with van der Waals surface area (Å²) in [6.07, 6.45) is 6.18. The van der Waals surface area contributed by atoms with E-state index >= 15 is 0 Å². The molecule has 3 N–H and O–H groups in total. The zero-order valence-electron chi connectivity index (χ0n) is 8.41. The van der Waals surface area contributed by atoms with Gasteiger partial charge in [0.05, 0.1) is 6.61 Å². The van der Waals surface area contributed by atoms with Crippen molar-refractivity contribution in [1.82, 2.24) is 5.32 Å². The summed E-state index contributed by atoms with van der Waals surface area (Å²) in [5.41, 5.74) is 0. The van der Waals surface area contributed by atoms with Gasteiger partial charge in [-0.05, 0) is 25.3 Å². The molecule has 0 radical (unpaired) electrons. The van der Waals surface area contributed by atoms with Crippen molar-refractivity contribution in [1.29, 1.82) is 0 Å². The first kappa shape index (κ1) is 11.5. The summed E-state index contributed by atoms with van der Waals surface area (Å²) in [5.74, 6) is -0.375. The van der Waals surface area contributed by atoms with Crippen LogP contribution < -0.4 is 5.32 Å². The predicted octanol–water partition coefficient (Wildman–Crippen LogP) is 0.602. The van der Waals surface area contributed by atoms with E-state index in [1.165, 1.54) is 32.1 Å². The summed E-state index contributed by atoms with van der Waals surface area (Å²) in [5, 5.41) is 20.4. The fourth-order valence-electron chi connectivity index (χ4n) is 1.93. The Labute approximate surface area is 84.3 Å². The van der Waals surface area contributed by atoms with E-state index in [9.17, 15) is 4.79 Å². The molecule has 0 amide bonds. The van der Waals surface area contributed by atoms with Crippen LogP contribution in [0.4, 0.5) is 0 Å². The monoisotopic (exact) mass is 201 g/mol. The molecule has 0 spiro atoms. The summed E-state index contributed by atoms with van der Waals surface area (Å²) in [4.78, 5) is 10.6. The number of aliphatic hydroxyl groups is 1. The largest absolute Gasteiger partial charge is 0.480 e. The van der Waals surface area contributed by atoms with E-state index in [2.05, 4.69) is 5.32 Å². The van der Waals surface area contributed by atoms with Crippen molar-refractivity contribution in [3.8, 4) is 0 Å². The molecule has 1 fully saturated rings. The summed E-state index contributed by atoms with van der Waals surface area (Å²) in [7, 11) is 0. The van der Waals surface area contributed by atoms with Gasteiger partial charge in [-0.25, -0.2) is 0 Å². The van der Waals surface area contributed by atoms with Crippen LogP contribution in [0, 0.1) is 5.92 Å². The van der Waals surface area contributed by atoms with Crippen LogP contribution >= 0.6 is 0 Å². The Balaban J connectivity index is 2.20. The molecule has 0 aromatic rings. The molecule has 0 heterocycles. The highest BCUT2D eigenvalue weighted by molar-refractivity contribution is 5.73. The van der Waals surface area contributed by atoms with Gasteiger partial charge in [0.25, 0.3) is 0 Å². The fourth-order valence-corrected chi connectivity index (χ4v) is 1.93. The summed E-state index contributed by atoms with van der Waals surface area (Å²) in [6.45, 7) is 0.388. The van der Waals surface area contributed by atoms with Gasteiger partial charge >= 0.3 is 5.97 Å². The van der Waals surface area contributed by atoms with E-state index in [1.54, 1.807) is 0 Å². The van der Waals surface area contributed by atoms with Gasteiger partial charge in [-0.2, -0.15) is 0 Å². The van der Waals surface area contributed by atoms with Gasteiger partial charge in [0.2, 0.25) is 0 Å². The molecule has 1 saturated carbocycles. The second kappa shape index (κ2) is 5.98. The molecule has 4 nitrogen and oxygen atoms in total. The molecule has 0 unspecified atom stereocenters. The van der Waals surface area contributed by atoms with Gasteiger partial charge in [0.15, 0.2) is 0 Å². The van der Waals surface area contributed by atoms with Crippen LogP contribution in [0.15, 0.2) is 0 Å². The fraction of sp³-hybridized carbons (Fsp3) is 0.900. The molecular weight excluding hydrogens is 182 g/mol. The van der Waals surface area contributed by atoms with E-state index in [0.717, 1.165) is 6.54 Å². The molecular formula is C10H19NO3. The smallest absolute Gasteiger partial charge is 0.323 e. The first-order chi connectivity index (χ1) is 6.74. The molecule has 0 saturated heterocycles. The molecule has 14 heavy (non-hydrogen) atoms. The molecule has 4 heteroatoms. The number of rotatable bonds is 5. The van der Waals surface area contributed by atoms with Gasteiger partial charge < -0.3 is 15.5 Å². The van der Waals surface area contributed by atoms with Crippen LogP contribution in [0.3, 0.4) is 0 Å². The minimum absolute atomic E-state index is 0.331. The van der Waals surface area contributed by atoms with Crippen LogP contribution in [-0.4, -0.2) is 35.4 Å². The van der Waals surface area contributed by atoms with E-state index in [1.807, 2.05) is 0 Å². The molecule has 82 valence electrons. The molecule has 1 rings (SSSR count). The molecule has 0 aliphatic heterocycles. The van der Waals surface area contributed by atoms with Gasteiger partial charge in [0.1, 0.15) is 6.04 Å². The number of hydrogen-bond donors (Lipinski definition) is 3. The Hall–Kier alpha value is -0.610. The quantitative estimate of drug-likeness (QED) is 0.609.